The highest BCUT2D eigenvalue weighted by Crippen LogP contribution is 2.74. The molecule has 0 radical (unpaired) electrons. The fourth-order valence-electron chi connectivity index (χ4n) is 34.7. The van der Waals surface area contributed by atoms with Gasteiger partial charge in [-0.25, -0.2) is 19.9 Å². The van der Waals surface area contributed by atoms with Gasteiger partial charge in [-0.15, -0.1) is 11.3 Å². The van der Waals surface area contributed by atoms with E-state index < -0.39 is 68.5 Å². The van der Waals surface area contributed by atoms with E-state index in [9.17, 15) is 60.0 Å². The van der Waals surface area contributed by atoms with Gasteiger partial charge in [-0.1, -0.05) is 200 Å². The van der Waals surface area contributed by atoms with Gasteiger partial charge >= 0.3 is 0 Å². The van der Waals surface area contributed by atoms with Gasteiger partial charge in [0.15, 0.2) is 55.7 Å². The third-order valence-corrected chi connectivity index (χ3v) is 47.0. The Bertz CT molecular complexity index is 7150. The number of aryl methyl sites for hydroxylation is 1. The van der Waals surface area contributed by atoms with Crippen molar-refractivity contribution in [1.29, 1.82) is 0 Å². The number of hydrogen-bond acceptors (Lipinski definition) is 29. The number of carbonyl (C=O) groups excluding carboxylic acids is 4. The molecular weight excluding hydrogens is 1950 g/mol. The van der Waals surface area contributed by atoms with Gasteiger partial charge in [-0.3, -0.25) is 19.2 Å². The summed E-state index contributed by atoms with van der Waals surface area (Å²) in [6.07, 6.45) is 33.2. The van der Waals surface area contributed by atoms with Crippen molar-refractivity contribution in [2.24, 2.45) is 121 Å². The SMILES string of the molecule is C[C@]12Cc3cnoc3C=C1CCC1C2[C@@H](O)C[C@@]2(C)C1CC[C@]2(O)C(=O)CSc1ccc2ccccc2n1.C[C@]12Cc3cnoc3C=C1CCC1C2[C@@H](O)C[C@@]2(C)C1CC[C@]2(O)C(=O)CSc1ccccn1.C[C@]12Cc3cnoc3C=C1CCC1C2[C@@H](O)C[C@@]2(C)C1CC[C@]2(O)C(=O)CSc1nc2ccccc2s1.Cn1c(SCC(=O)[C@@]2(O)CCC3C4CCC5=Cc6oncc6C[C@]5(C)C4[C@@H](O)C[C@@]32C)nc2ccccc21. The zero-order valence-corrected chi connectivity index (χ0v) is 89.0. The molecule has 11 aromatic rings. The summed E-state index contributed by atoms with van der Waals surface area (Å²) in [5.41, 5.74) is 4.70. The van der Waals surface area contributed by atoms with Crippen LogP contribution in [0.1, 0.15) is 229 Å². The summed E-state index contributed by atoms with van der Waals surface area (Å²) in [7, 11) is 1.96. The number of fused-ring (bicyclic) bond motifs is 27. The minimum absolute atomic E-state index is 0.0930. The van der Waals surface area contributed by atoms with Crippen LogP contribution >= 0.6 is 58.4 Å². The van der Waals surface area contributed by atoms with Crippen molar-refractivity contribution >= 4 is 138 Å². The maximum absolute atomic E-state index is 13.8. The lowest BCUT2D eigenvalue weighted by molar-refractivity contribution is -0.178. The largest absolute Gasteiger partial charge is 0.393 e. The quantitative estimate of drug-likeness (QED) is 0.0417. The Morgan fingerprint density at radius 2 is 0.728 bits per heavy atom. The number of aliphatic hydroxyl groups excluding tert-OH is 4. The molecule has 0 aliphatic heterocycles. The van der Waals surface area contributed by atoms with E-state index in [0.717, 1.165) is 200 Å². The van der Waals surface area contributed by atoms with Gasteiger partial charge in [0.05, 0.1) is 109 Å². The summed E-state index contributed by atoms with van der Waals surface area (Å²) in [6, 6.07) is 33.5. The van der Waals surface area contributed by atoms with Crippen LogP contribution < -0.4 is 0 Å². The van der Waals surface area contributed by atoms with Gasteiger partial charge < -0.3 is 63.5 Å². The molecule has 16 aliphatic rings. The molecule has 12 unspecified atom stereocenters. The number of imidazole rings is 1. The van der Waals surface area contributed by atoms with E-state index in [-0.39, 0.29) is 139 Å². The number of benzene rings is 3. The summed E-state index contributed by atoms with van der Waals surface area (Å²) in [6.45, 7) is 17.4. The molecule has 8 N–H and O–H groups in total. The second-order valence-electron chi connectivity index (χ2n) is 48.4. The predicted molar refractivity (Wildman–Crippen MR) is 565 cm³/mol. The number of thiazole rings is 1. The first-order valence-corrected chi connectivity index (χ1v) is 58.0. The van der Waals surface area contributed by atoms with E-state index in [1.54, 1.807) is 17.5 Å². The van der Waals surface area contributed by atoms with Crippen LogP contribution in [0.25, 0.3) is 56.5 Å². The highest BCUT2D eigenvalue weighted by Gasteiger charge is 2.74. The normalized spacial score (nSPS) is 38.5. The van der Waals surface area contributed by atoms with Crippen molar-refractivity contribution < 1.29 is 78.1 Å². The minimum atomic E-state index is -1.44. The van der Waals surface area contributed by atoms with Gasteiger partial charge in [0.2, 0.25) is 0 Å². The molecule has 12 fully saturated rings. The number of carbonyl (C=O) groups is 4. The third kappa shape index (κ3) is 15.6. The summed E-state index contributed by atoms with van der Waals surface area (Å²) in [4.78, 5) is 73.0. The molecule has 30 heteroatoms. The number of hydrogen-bond donors (Lipinski definition) is 8. The first kappa shape index (κ1) is 100. The maximum Gasteiger partial charge on any atom is 0.175 e. The van der Waals surface area contributed by atoms with E-state index in [2.05, 4.69) is 110 Å². The number of thioether (sulfide) groups is 4. The van der Waals surface area contributed by atoms with E-state index in [1.807, 2.05) is 140 Å². The fourth-order valence-corrected chi connectivity index (χ4v) is 39.3. The number of aromatic nitrogens is 9. The van der Waals surface area contributed by atoms with Crippen LogP contribution in [0.15, 0.2) is 194 Å². The first-order chi connectivity index (χ1) is 70.4. The van der Waals surface area contributed by atoms with Gasteiger partial charge in [0, 0.05) is 62.5 Å². The number of rotatable bonds is 16. The van der Waals surface area contributed by atoms with E-state index in [0.29, 0.717) is 51.4 Å². The average Bonchev–Trinajstić information content (AvgIpc) is 1.62. The Balaban J connectivity index is 0.000000105. The number of para-hydroxylation sites is 4. The number of Topliss-reactive ketones (excluding diaryl/α,β-unsaturated/α-hetero) is 4. The molecule has 25 nitrogen and oxygen atoms in total. The zero-order chi connectivity index (χ0) is 102. The Labute approximate surface area is 876 Å². The number of aliphatic hydroxyl groups is 8. The average molecular weight is 2080 g/mol. The summed E-state index contributed by atoms with van der Waals surface area (Å²) >= 11 is 7.17. The van der Waals surface area contributed by atoms with Gasteiger partial charge in [-0.05, 0) is 320 Å². The summed E-state index contributed by atoms with van der Waals surface area (Å²) < 4.78 is 25.8. The van der Waals surface area contributed by atoms with Crippen molar-refractivity contribution in [1.82, 2.24) is 45.1 Å². The molecule has 772 valence electrons. The second-order valence-corrected chi connectivity index (χ2v) is 53.5. The summed E-state index contributed by atoms with van der Waals surface area (Å²) in [5, 5.41) is 114. The molecule has 147 heavy (non-hydrogen) atoms. The van der Waals surface area contributed by atoms with Crippen LogP contribution in [-0.4, -0.2) is 179 Å². The number of nitrogens with zero attached hydrogens (tertiary/aromatic N) is 9. The summed E-state index contributed by atoms with van der Waals surface area (Å²) in [5.74, 6) is 5.94. The maximum atomic E-state index is 13.8. The second kappa shape index (κ2) is 36.7. The highest BCUT2D eigenvalue weighted by atomic mass is 32.2. The van der Waals surface area contributed by atoms with Gasteiger partial charge in [-0.2, -0.15) is 0 Å². The van der Waals surface area contributed by atoms with E-state index in [1.165, 1.54) is 69.3 Å². The lowest BCUT2D eigenvalue weighted by atomic mass is 9.45. The van der Waals surface area contributed by atoms with E-state index >= 15 is 0 Å². The molecule has 12 saturated carbocycles. The molecule has 0 bridgehead atoms. The van der Waals surface area contributed by atoms with Crippen molar-refractivity contribution in [3.8, 4) is 0 Å². The van der Waals surface area contributed by atoms with Crippen molar-refractivity contribution in [2.75, 3.05) is 23.0 Å². The van der Waals surface area contributed by atoms with Gasteiger partial charge in [0.25, 0.3) is 0 Å². The smallest absolute Gasteiger partial charge is 0.175 e. The Hall–Kier alpha value is -8.86. The third-order valence-electron chi connectivity index (χ3n) is 41.9. The van der Waals surface area contributed by atoms with Crippen LogP contribution in [0, 0.1) is 114 Å². The van der Waals surface area contributed by atoms with Crippen molar-refractivity contribution in [3.63, 3.8) is 0 Å². The number of pyridine rings is 2. The van der Waals surface area contributed by atoms with Crippen molar-refractivity contribution in [3.05, 3.63) is 202 Å². The molecule has 8 heterocycles. The van der Waals surface area contributed by atoms with Crippen LogP contribution in [0.5, 0.6) is 0 Å². The molecule has 27 rings (SSSR count). The van der Waals surface area contributed by atoms with Crippen LogP contribution in [0.2, 0.25) is 0 Å². The zero-order valence-electron chi connectivity index (χ0n) is 85.0. The molecule has 28 atom stereocenters. The van der Waals surface area contributed by atoms with Crippen LogP contribution in [0.3, 0.4) is 0 Å². The lowest BCUT2D eigenvalue weighted by Crippen LogP contribution is -2.62. The number of allylic oxidation sites excluding steroid dienone is 4. The first-order valence-electron chi connectivity index (χ1n) is 53.3. The van der Waals surface area contributed by atoms with Gasteiger partial charge in [0.1, 0.15) is 22.4 Å². The standard InChI is InChI=1S/C31H34N2O4S.C30H35N3O4S.C29H32N2O4S2.C27H32N2O4S/c1-29-14-19-16-32-37-25(19)13-20(29)8-9-21-22-11-12-31(36,30(22,2)15-24(34)28(21)29)26(35)17-38-27-10-7-18-5-3-4-6-23(18)33-27;1-28-13-17-15-31-37-24(17)12-18(28)8-9-19-20-10-11-30(36,29(20,2)14-23(34)26(19)28)25(35)16-38-27-32-21-6-4-5-7-22(21)33(27)3;1-27-12-16-14-30-35-22(16)11-17(27)7-8-18-19-9-10-29(34,28(19,2)13-21(32)25(18)27)24(33)15-36-26-31-20-5-3-4-6-23(20)37-26;1-25-12-16-14-29-33-21(16)11-17(25)6-7-18-19-8-9-27(32,26(19,2)13-20(30)24(18)25)22(31)15-34-23-5-3-4-10-28-23/h3-7,10,13,16,21-22,24,28,34,36H,8-9,11-12,14-15,17H2,1-2H3;4-7,12,15,19-20,23,26,34,36H,8-11,13-14,16H2,1-3H3;3-6,11,14,18-19,21,25,32,34H,7-10,12-13,15H2,1-2H3;3-5,10-11,14,18-20,24,30,32H,6-9,12-13,15H2,1-2H3/t21?,22?,24-,28?,29-,30-,31-;19?,20?,23-,26?,28-,29-,30-;18?,19?,21-,25?,27-,28-,29-;18?,19?,20-,24?,25-,26-,27-/m0000/s1. The topological polar surface area (TPSA) is 391 Å². The Morgan fingerprint density at radius 1 is 0.381 bits per heavy atom. The number of ketones is 4. The molecule has 3 aromatic carbocycles. The molecule has 8 aromatic heterocycles. The van der Waals surface area contributed by atoms with E-state index in [4.69, 9.17) is 28.1 Å². The minimum Gasteiger partial charge on any atom is -0.393 e. The fraction of sp³-hybridized carbons (Fsp3) is 0.556. The highest BCUT2D eigenvalue weighted by molar-refractivity contribution is 8.01. The lowest BCUT2D eigenvalue weighted by Gasteiger charge is -2.60. The molecule has 0 saturated heterocycles. The molecule has 0 spiro atoms. The Kier molecular flexibility index (Phi) is 25.0. The van der Waals surface area contributed by atoms with Crippen LogP contribution in [0.4, 0.5) is 0 Å². The van der Waals surface area contributed by atoms with Crippen molar-refractivity contribution in [2.45, 2.75) is 276 Å². The molecule has 0 amide bonds. The monoisotopic (exact) mass is 2080 g/mol. The Morgan fingerprint density at radius 3 is 1.11 bits per heavy atom. The van der Waals surface area contributed by atoms with Crippen LogP contribution in [-0.2, 0) is 51.9 Å². The molecular formula is C117H133N9O16S5. The predicted octanol–water partition coefficient (Wildman–Crippen LogP) is 20.1. The molecule has 16 aliphatic carbocycles.